The molecular formula is C24H26N4O3S. The number of nitrogen functional groups attached to an aromatic ring is 1. The molecule has 0 aliphatic carbocycles. The largest absolute Gasteiger partial charge is 0.490 e. The molecule has 1 aromatic heterocycles. The van der Waals surface area contributed by atoms with Gasteiger partial charge in [0.15, 0.2) is 16.7 Å². The van der Waals surface area contributed by atoms with Crippen molar-refractivity contribution in [2.45, 2.75) is 30.5 Å². The minimum atomic E-state index is 0.0535. The number of fused-ring (bicyclic) bond motifs is 1. The van der Waals surface area contributed by atoms with Gasteiger partial charge >= 0.3 is 0 Å². The van der Waals surface area contributed by atoms with E-state index in [1.165, 1.54) is 16.4 Å². The Balaban J connectivity index is 1.27. The molecule has 2 aromatic carbocycles. The second kappa shape index (κ2) is 9.16. The standard InChI is InChI=1S/C24H26N4O3S/c25-28-15-19(17-6-2-1-3-7-17)26-24(28)32-16-23(29)27-11-4-8-20(27)18-9-10-21-22(14-18)31-13-5-12-30-21/h1-3,6-7,9-10,14-15,20H,4-5,8,11-13,16,25H2. The van der Waals surface area contributed by atoms with Crippen LogP contribution in [0.2, 0.25) is 0 Å². The molecule has 1 saturated heterocycles. The smallest absolute Gasteiger partial charge is 0.233 e. The molecule has 2 N–H and O–H groups in total. The lowest BCUT2D eigenvalue weighted by Gasteiger charge is -2.25. The Morgan fingerprint density at radius 1 is 1.09 bits per heavy atom. The Labute approximate surface area is 191 Å². The number of ether oxygens (including phenoxy) is 2. The quantitative estimate of drug-likeness (QED) is 0.469. The summed E-state index contributed by atoms with van der Waals surface area (Å²) in [5, 5.41) is 0.628. The number of imidazole rings is 1. The zero-order chi connectivity index (χ0) is 21.9. The van der Waals surface area contributed by atoms with E-state index in [-0.39, 0.29) is 11.9 Å². The summed E-state index contributed by atoms with van der Waals surface area (Å²) in [6.45, 7) is 2.07. The summed E-state index contributed by atoms with van der Waals surface area (Å²) in [5.74, 6) is 8.03. The molecule has 1 fully saturated rings. The average molecular weight is 451 g/mol. The molecule has 0 bridgehead atoms. The zero-order valence-corrected chi connectivity index (χ0v) is 18.6. The van der Waals surface area contributed by atoms with Gasteiger partial charge in [0.05, 0.1) is 36.9 Å². The molecule has 3 heterocycles. The minimum Gasteiger partial charge on any atom is -0.490 e. The van der Waals surface area contributed by atoms with Crippen LogP contribution in [0.4, 0.5) is 0 Å². The van der Waals surface area contributed by atoms with Crippen molar-refractivity contribution in [1.29, 1.82) is 0 Å². The number of carbonyl (C=O) groups is 1. The number of likely N-dealkylation sites (tertiary alicyclic amines) is 1. The average Bonchev–Trinajstić information content (AvgIpc) is 3.38. The SMILES string of the molecule is Nn1cc(-c2ccccc2)nc1SCC(=O)N1CCCC1c1ccc2c(c1)OCCCO2. The molecule has 5 rings (SSSR count). The fourth-order valence-corrected chi connectivity index (χ4v) is 5.02. The maximum atomic E-state index is 13.1. The molecule has 2 aliphatic rings. The number of amides is 1. The van der Waals surface area contributed by atoms with Gasteiger partial charge in [-0.3, -0.25) is 4.79 Å². The summed E-state index contributed by atoms with van der Waals surface area (Å²) in [6.07, 6.45) is 4.59. The lowest BCUT2D eigenvalue weighted by atomic mass is 10.0. The topological polar surface area (TPSA) is 82.6 Å². The van der Waals surface area contributed by atoms with Crippen molar-refractivity contribution in [3.8, 4) is 22.8 Å². The molecule has 0 radical (unpaired) electrons. The maximum absolute atomic E-state index is 13.1. The highest BCUT2D eigenvalue weighted by molar-refractivity contribution is 7.99. The van der Waals surface area contributed by atoms with Crippen LogP contribution < -0.4 is 15.3 Å². The van der Waals surface area contributed by atoms with Crippen molar-refractivity contribution in [2.24, 2.45) is 0 Å². The number of nitrogens with two attached hydrogens (primary N) is 1. The van der Waals surface area contributed by atoms with Crippen LogP contribution in [-0.2, 0) is 4.79 Å². The number of rotatable bonds is 5. The van der Waals surface area contributed by atoms with Crippen LogP contribution in [0.5, 0.6) is 11.5 Å². The Morgan fingerprint density at radius 3 is 2.75 bits per heavy atom. The lowest BCUT2D eigenvalue weighted by Crippen LogP contribution is -2.32. The molecule has 1 amide bonds. The fraction of sp³-hybridized carbons (Fsp3) is 0.333. The second-order valence-corrected chi connectivity index (χ2v) is 8.91. The molecule has 1 atom stereocenters. The predicted molar refractivity (Wildman–Crippen MR) is 124 cm³/mol. The normalized spacial score (nSPS) is 17.9. The van der Waals surface area contributed by atoms with Gasteiger partial charge in [0.25, 0.3) is 0 Å². The van der Waals surface area contributed by atoms with Crippen LogP contribution in [0.3, 0.4) is 0 Å². The van der Waals surface area contributed by atoms with Gasteiger partial charge in [-0.1, -0.05) is 48.2 Å². The molecule has 7 nitrogen and oxygen atoms in total. The highest BCUT2D eigenvalue weighted by Gasteiger charge is 2.31. The van der Waals surface area contributed by atoms with E-state index in [4.69, 9.17) is 15.3 Å². The highest BCUT2D eigenvalue weighted by Crippen LogP contribution is 2.38. The number of carbonyl (C=O) groups excluding carboxylic acids is 1. The number of aromatic nitrogens is 2. The van der Waals surface area contributed by atoms with Gasteiger partial charge in [-0.2, -0.15) is 0 Å². The van der Waals surface area contributed by atoms with E-state index < -0.39 is 0 Å². The van der Waals surface area contributed by atoms with Gasteiger partial charge in [0, 0.05) is 18.5 Å². The van der Waals surface area contributed by atoms with Crippen LogP contribution >= 0.6 is 11.8 Å². The second-order valence-electron chi connectivity index (χ2n) is 7.97. The first-order chi connectivity index (χ1) is 15.7. The summed E-state index contributed by atoms with van der Waals surface area (Å²) < 4.78 is 13.1. The third kappa shape index (κ3) is 4.27. The molecule has 0 spiro atoms. The summed E-state index contributed by atoms with van der Waals surface area (Å²) in [7, 11) is 0. The van der Waals surface area contributed by atoms with Crippen LogP contribution in [-0.4, -0.2) is 46.0 Å². The first-order valence-electron chi connectivity index (χ1n) is 10.9. The molecule has 2 aliphatic heterocycles. The first-order valence-corrected chi connectivity index (χ1v) is 11.9. The molecular weight excluding hydrogens is 424 g/mol. The zero-order valence-electron chi connectivity index (χ0n) is 17.8. The summed E-state index contributed by atoms with van der Waals surface area (Å²) in [6, 6.07) is 16.0. The Bertz CT molecular complexity index is 1100. The summed E-state index contributed by atoms with van der Waals surface area (Å²) in [4.78, 5) is 19.7. The van der Waals surface area contributed by atoms with Crippen molar-refractivity contribution < 1.29 is 14.3 Å². The van der Waals surface area contributed by atoms with Crippen LogP contribution in [0.15, 0.2) is 59.9 Å². The molecule has 3 aromatic rings. The first kappa shape index (κ1) is 20.8. The molecule has 32 heavy (non-hydrogen) atoms. The number of nitrogens with zero attached hydrogens (tertiary/aromatic N) is 3. The Hall–Kier alpha value is -3.13. The minimum absolute atomic E-state index is 0.0535. The third-order valence-corrected chi connectivity index (χ3v) is 6.77. The van der Waals surface area contributed by atoms with E-state index in [9.17, 15) is 4.79 Å². The van der Waals surface area contributed by atoms with E-state index >= 15 is 0 Å². The molecule has 0 saturated carbocycles. The number of thioether (sulfide) groups is 1. The Kier molecular flexibility index (Phi) is 5.94. The van der Waals surface area contributed by atoms with Gasteiger partial charge in [0.1, 0.15) is 0 Å². The molecule has 8 heteroatoms. The van der Waals surface area contributed by atoms with E-state index in [1.54, 1.807) is 6.20 Å². The van der Waals surface area contributed by atoms with Crippen molar-refractivity contribution in [3.63, 3.8) is 0 Å². The van der Waals surface area contributed by atoms with Crippen molar-refractivity contribution in [3.05, 3.63) is 60.3 Å². The highest BCUT2D eigenvalue weighted by atomic mass is 32.2. The fourth-order valence-electron chi connectivity index (χ4n) is 4.24. The van der Waals surface area contributed by atoms with Gasteiger partial charge in [-0.15, -0.1) is 0 Å². The monoisotopic (exact) mass is 450 g/mol. The number of benzene rings is 2. The van der Waals surface area contributed by atoms with Gasteiger partial charge in [0.2, 0.25) is 5.91 Å². The van der Waals surface area contributed by atoms with Gasteiger partial charge in [-0.05, 0) is 30.5 Å². The van der Waals surface area contributed by atoms with Crippen LogP contribution in [0.25, 0.3) is 11.3 Å². The molecule has 166 valence electrons. The van der Waals surface area contributed by atoms with Gasteiger partial charge in [-0.25, -0.2) is 9.66 Å². The Morgan fingerprint density at radius 2 is 1.91 bits per heavy atom. The van der Waals surface area contributed by atoms with E-state index in [1.807, 2.05) is 47.4 Å². The maximum Gasteiger partial charge on any atom is 0.233 e. The van der Waals surface area contributed by atoms with Crippen LogP contribution in [0.1, 0.15) is 30.9 Å². The van der Waals surface area contributed by atoms with Gasteiger partial charge < -0.3 is 20.2 Å². The number of hydrogen-bond acceptors (Lipinski definition) is 6. The van der Waals surface area contributed by atoms with E-state index in [0.717, 1.165) is 54.1 Å². The lowest BCUT2D eigenvalue weighted by molar-refractivity contribution is -0.129. The van der Waals surface area contributed by atoms with E-state index in [2.05, 4.69) is 11.1 Å². The predicted octanol–water partition coefficient (Wildman–Crippen LogP) is 3.88. The summed E-state index contributed by atoms with van der Waals surface area (Å²) in [5.41, 5.74) is 2.89. The van der Waals surface area contributed by atoms with E-state index in [0.29, 0.717) is 24.1 Å². The van der Waals surface area contributed by atoms with Crippen molar-refractivity contribution in [1.82, 2.24) is 14.6 Å². The summed E-state index contributed by atoms with van der Waals surface area (Å²) >= 11 is 1.37. The molecule has 1 unspecified atom stereocenters. The van der Waals surface area contributed by atoms with Crippen LogP contribution in [0, 0.1) is 0 Å². The third-order valence-electron chi connectivity index (χ3n) is 5.82. The van der Waals surface area contributed by atoms with Crippen molar-refractivity contribution in [2.75, 3.05) is 31.4 Å². The van der Waals surface area contributed by atoms with Crippen molar-refractivity contribution >= 4 is 17.7 Å². The number of hydrogen-bond donors (Lipinski definition) is 1.